The van der Waals surface area contributed by atoms with Crippen LogP contribution in [0.5, 0.6) is 5.75 Å². The monoisotopic (exact) mass is 946 g/mol. The van der Waals surface area contributed by atoms with Gasteiger partial charge >= 0.3 is 0 Å². The molecular weight excluding hydrogens is 896 g/mol. The lowest BCUT2D eigenvalue weighted by atomic mass is 9.88. The molecule has 8 rings (SSSR count). The number of carbonyl (C=O) groups is 6. The predicted octanol–water partition coefficient (Wildman–Crippen LogP) is 6.66. The maximum Gasteiger partial charge on any atom is 0.257 e. The molecule has 2 N–H and O–H groups in total. The number of benzene rings is 2. The van der Waals surface area contributed by atoms with Crippen molar-refractivity contribution in [2.75, 3.05) is 26.8 Å². The number of nitrogens with zero attached hydrogens (tertiary/aromatic N) is 6. The molecular formula is C49H51ClN8O8S. The molecule has 16 nitrogen and oxygen atoms in total. The molecule has 2 atom stereocenters. The van der Waals surface area contributed by atoms with Gasteiger partial charge in [0.2, 0.25) is 29.3 Å². The van der Waals surface area contributed by atoms with Gasteiger partial charge in [-0.1, -0.05) is 35.9 Å². The number of ether oxygens (including phenoxy) is 2. The zero-order valence-corrected chi connectivity index (χ0v) is 39.7. The predicted molar refractivity (Wildman–Crippen MR) is 251 cm³/mol. The average Bonchev–Trinajstić information content (AvgIpc) is 3.89. The summed E-state index contributed by atoms with van der Waals surface area (Å²) in [5.41, 5.74) is 5.87. The number of aliphatic imine (C=N–C) groups is 1. The summed E-state index contributed by atoms with van der Waals surface area (Å²) >= 11 is 7.89. The summed E-state index contributed by atoms with van der Waals surface area (Å²) in [4.78, 5) is 86.5. The fourth-order valence-corrected chi connectivity index (χ4v) is 10.2. The summed E-state index contributed by atoms with van der Waals surface area (Å²) in [7, 11) is 2.98. The molecule has 2 aliphatic heterocycles. The van der Waals surface area contributed by atoms with Crippen molar-refractivity contribution in [3.8, 4) is 10.8 Å². The fourth-order valence-electron chi connectivity index (χ4n) is 8.85. The molecule has 0 radical (unpaired) electrons. The Morgan fingerprint density at radius 1 is 0.896 bits per heavy atom. The van der Waals surface area contributed by atoms with Crippen LogP contribution in [0.15, 0.2) is 65.4 Å². The third-order valence-corrected chi connectivity index (χ3v) is 14.1. The summed E-state index contributed by atoms with van der Waals surface area (Å²) in [6.07, 6.45) is 3.89. The van der Waals surface area contributed by atoms with E-state index in [1.807, 2.05) is 35.8 Å². The second-order valence-electron chi connectivity index (χ2n) is 16.9. The molecule has 0 bridgehead atoms. The standard InChI is InChI=1S/C49H51ClN8O8S/c1-26-28(3)67-49-42(26)44(31-10-14-32(50)15-11-31)53-36(47-55-54-29(4)58(47)49)22-39(60)51-20-8-7-9-21-52-40(61)25-66-33-16-12-30(13-17-33)34-18-19-41(62)57(48(34)64)24-35-27(2)56(5)45-37(59)23-38(65-6)46(63)43(35)45/h10-17,23,34,36H,7-9,18-22,24-25H2,1-6H3,(H,51,60)(H,52,61)/t34?,36-/m0/s1. The molecule has 18 heteroatoms. The first-order chi connectivity index (χ1) is 32.2. The van der Waals surface area contributed by atoms with Crippen LogP contribution in [0.2, 0.25) is 5.02 Å². The van der Waals surface area contributed by atoms with Crippen LogP contribution in [-0.4, -0.2) is 91.9 Å². The number of imide groups is 1. The zero-order valence-electron chi connectivity index (χ0n) is 38.2. The van der Waals surface area contributed by atoms with E-state index in [2.05, 4.69) is 34.7 Å². The van der Waals surface area contributed by atoms with E-state index in [0.29, 0.717) is 59.3 Å². The van der Waals surface area contributed by atoms with Crippen molar-refractivity contribution < 1.29 is 38.2 Å². The Bertz CT molecular complexity index is 2870. The highest BCUT2D eigenvalue weighted by Crippen LogP contribution is 2.40. The lowest BCUT2D eigenvalue weighted by Gasteiger charge is -2.31. The number of hydrogen-bond acceptors (Lipinski definition) is 12. The zero-order chi connectivity index (χ0) is 47.7. The normalized spacial score (nSPS) is 16.7. The van der Waals surface area contributed by atoms with Crippen LogP contribution in [0.25, 0.3) is 5.00 Å². The van der Waals surface area contributed by atoms with Gasteiger partial charge in [0.1, 0.15) is 28.3 Å². The highest BCUT2D eigenvalue weighted by molar-refractivity contribution is 7.15. The maximum absolute atomic E-state index is 13.8. The number of ketones is 2. The third kappa shape index (κ3) is 9.34. The van der Waals surface area contributed by atoms with Gasteiger partial charge in [-0.2, -0.15) is 0 Å². The Hall–Kier alpha value is -6.72. The van der Waals surface area contributed by atoms with E-state index in [9.17, 15) is 28.8 Å². The van der Waals surface area contributed by atoms with Crippen LogP contribution in [0.4, 0.5) is 0 Å². The van der Waals surface area contributed by atoms with Gasteiger partial charge in [0.05, 0.1) is 37.3 Å². The molecule has 2 aromatic carbocycles. The van der Waals surface area contributed by atoms with Crippen molar-refractivity contribution in [3.63, 3.8) is 0 Å². The Labute approximate surface area is 396 Å². The number of carbonyl (C=O) groups excluding carboxylic acids is 6. The molecule has 3 aromatic heterocycles. The van der Waals surface area contributed by atoms with Gasteiger partial charge in [0, 0.05) is 64.9 Å². The van der Waals surface area contributed by atoms with E-state index in [1.54, 1.807) is 54.1 Å². The molecule has 0 spiro atoms. The fraction of sp³-hybridized carbons (Fsp3) is 0.367. The molecule has 5 aromatic rings. The number of nitrogens with one attached hydrogen (secondary N) is 2. The Morgan fingerprint density at radius 2 is 1.60 bits per heavy atom. The quantitative estimate of drug-likeness (QED) is 0.0798. The second-order valence-corrected chi connectivity index (χ2v) is 18.5. The van der Waals surface area contributed by atoms with Crippen molar-refractivity contribution in [1.82, 2.24) is 34.9 Å². The number of thiophene rings is 1. The van der Waals surface area contributed by atoms with Crippen LogP contribution in [0, 0.1) is 27.7 Å². The number of likely N-dealkylation sites (tertiary alicyclic amines) is 1. The molecule has 348 valence electrons. The molecule has 4 amide bonds. The summed E-state index contributed by atoms with van der Waals surface area (Å²) in [6, 6.07) is 13.8. The maximum atomic E-state index is 13.8. The molecule has 67 heavy (non-hydrogen) atoms. The summed E-state index contributed by atoms with van der Waals surface area (Å²) in [6.45, 7) is 8.37. The van der Waals surface area contributed by atoms with Gasteiger partial charge in [-0.15, -0.1) is 21.5 Å². The minimum absolute atomic E-state index is 0.0945. The van der Waals surface area contributed by atoms with Gasteiger partial charge in [0.25, 0.3) is 5.91 Å². The van der Waals surface area contributed by atoms with Crippen molar-refractivity contribution in [3.05, 3.63) is 127 Å². The molecule has 1 unspecified atom stereocenters. The van der Waals surface area contributed by atoms with Crippen molar-refractivity contribution in [2.24, 2.45) is 12.0 Å². The number of allylic oxidation sites excluding steroid dienone is 2. The van der Waals surface area contributed by atoms with E-state index in [4.69, 9.17) is 26.1 Å². The van der Waals surface area contributed by atoms with Crippen LogP contribution in [0.3, 0.4) is 0 Å². The first-order valence-electron chi connectivity index (χ1n) is 22.2. The first kappa shape index (κ1) is 46.8. The number of piperidine rings is 1. The summed E-state index contributed by atoms with van der Waals surface area (Å²) < 4.78 is 14.5. The number of Topliss-reactive ketones (excluding diaryl/α,β-unsaturated/α-hetero) is 1. The lowest BCUT2D eigenvalue weighted by Crippen LogP contribution is -2.43. The number of aryl methyl sites for hydroxylation is 2. The van der Waals surface area contributed by atoms with Crippen LogP contribution in [0.1, 0.15) is 121 Å². The van der Waals surface area contributed by atoms with Crippen molar-refractivity contribution in [1.29, 1.82) is 0 Å². The van der Waals surface area contributed by atoms with Gasteiger partial charge < -0.3 is 24.7 Å². The molecule has 1 fully saturated rings. The highest BCUT2D eigenvalue weighted by atomic mass is 35.5. The number of unbranched alkanes of at least 4 members (excludes halogenated alkanes) is 2. The molecule has 0 saturated carbocycles. The van der Waals surface area contributed by atoms with E-state index in [-0.39, 0.29) is 66.5 Å². The summed E-state index contributed by atoms with van der Waals surface area (Å²) in [5, 5.41) is 16.4. The minimum Gasteiger partial charge on any atom is -0.492 e. The number of fused-ring (bicyclic) bond motifs is 4. The van der Waals surface area contributed by atoms with Gasteiger partial charge in [-0.05, 0) is 88.8 Å². The molecule has 1 aliphatic carbocycles. The topological polar surface area (TPSA) is 196 Å². The Morgan fingerprint density at radius 3 is 2.30 bits per heavy atom. The average molecular weight is 948 g/mol. The Kier molecular flexibility index (Phi) is 13.7. The number of rotatable bonds is 16. The first-order valence-corrected chi connectivity index (χ1v) is 23.4. The highest BCUT2D eigenvalue weighted by Gasteiger charge is 2.40. The van der Waals surface area contributed by atoms with Gasteiger partial charge in [0.15, 0.2) is 18.2 Å². The lowest BCUT2D eigenvalue weighted by molar-refractivity contribution is -0.150. The summed E-state index contributed by atoms with van der Waals surface area (Å²) in [5.74, 6) is -0.986. The van der Waals surface area contributed by atoms with Gasteiger partial charge in [-0.3, -0.25) is 43.2 Å². The van der Waals surface area contributed by atoms with Crippen LogP contribution in [-0.2, 0) is 37.5 Å². The van der Waals surface area contributed by atoms with Crippen LogP contribution < -0.4 is 15.4 Å². The van der Waals surface area contributed by atoms with E-state index < -0.39 is 23.7 Å². The van der Waals surface area contributed by atoms with Gasteiger partial charge in [-0.25, -0.2) is 0 Å². The second kappa shape index (κ2) is 19.6. The van der Waals surface area contributed by atoms with E-state index >= 15 is 0 Å². The third-order valence-electron chi connectivity index (χ3n) is 12.7. The minimum atomic E-state index is -0.615. The number of halogens is 1. The largest absolute Gasteiger partial charge is 0.492 e. The number of amides is 4. The molecule has 5 heterocycles. The number of hydrogen-bond donors (Lipinski definition) is 2. The van der Waals surface area contributed by atoms with Crippen LogP contribution >= 0.6 is 22.9 Å². The number of methoxy groups -OCH3 is 1. The SMILES string of the molecule is COC1=CC(=O)c2c(c(CN3C(=O)CCC(c4ccc(OCC(=O)NCCCCCNC(=O)C[C@@H]5N=C(c6ccc(Cl)cc6)c6c(sc(C)c6C)-n6c(C)nnc65)cc4)C3=O)c(C)n2C)C1=O. The Balaban J connectivity index is 0.780. The van der Waals surface area contributed by atoms with E-state index in [1.165, 1.54) is 12.0 Å². The molecule has 1 saturated heterocycles. The van der Waals surface area contributed by atoms with E-state index in [0.717, 1.165) is 57.0 Å². The van der Waals surface area contributed by atoms with Crippen molar-refractivity contribution in [2.45, 2.75) is 84.7 Å². The molecule has 3 aliphatic rings. The van der Waals surface area contributed by atoms with Crippen molar-refractivity contribution >= 4 is 63.8 Å². The number of aromatic nitrogens is 4. The smallest absolute Gasteiger partial charge is 0.257 e.